The summed E-state index contributed by atoms with van der Waals surface area (Å²) in [6.07, 6.45) is -1.99. The highest BCUT2D eigenvalue weighted by atomic mass is 35.5. The van der Waals surface area contributed by atoms with Crippen molar-refractivity contribution < 1.29 is 71.8 Å². The molecule has 1 rings (SSSR count). The Morgan fingerprint density at radius 1 is 0.719 bits per heavy atom. The molecule has 1 aromatic carbocycles. The molecule has 186 valence electrons. The zero-order valence-electron chi connectivity index (χ0n) is 15.5. The molecule has 0 bridgehead atoms. The quantitative estimate of drug-likeness (QED) is 0.129. The predicted octanol–water partition coefficient (Wildman–Crippen LogP) is 0.0725. The standard InChI is InChI=1S/C11H20ClO15P5/c12-11(32(25,26)27,7-4-2-1-3-5-7)10(31(22,23)24)9(30(19,20)21)8(29(16,17)18)6-28(13,14)15/h1-5,8-10H,6H2,(H2,13,14,15)(H2,16,17,18)(H2,19,20,21)(H2,22,23,24)(H2,25,26,27). The van der Waals surface area contributed by atoms with E-state index in [0.29, 0.717) is 0 Å². The van der Waals surface area contributed by atoms with E-state index in [1.165, 1.54) is 6.07 Å². The minimum absolute atomic E-state index is 0.789. The van der Waals surface area contributed by atoms with Crippen LogP contribution in [0.25, 0.3) is 0 Å². The fourth-order valence-electron chi connectivity index (χ4n) is 3.11. The Kier molecular flexibility index (Phi) is 9.20. The largest absolute Gasteiger partial charge is 0.351 e. The van der Waals surface area contributed by atoms with Crippen molar-refractivity contribution in [2.24, 2.45) is 0 Å². The first-order chi connectivity index (χ1) is 13.9. The lowest BCUT2D eigenvalue weighted by molar-refractivity contribution is 0.289. The van der Waals surface area contributed by atoms with Crippen LogP contribution in [0.5, 0.6) is 0 Å². The van der Waals surface area contributed by atoms with Gasteiger partial charge in [0, 0.05) is 0 Å². The van der Waals surface area contributed by atoms with Crippen LogP contribution in [0.4, 0.5) is 0 Å². The molecule has 0 saturated heterocycles. The average Bonchev–Trinajstić information content (AvgIpc) is 2.53. The van der Waals surface area contributed by atoms with Crippen LogP contribution in [0.2, 0.25) is 0 Å². The molecule has 0 aliphatic heterocycles. The normalized spacial score (nSPS) is 19.1. The monoisotopic (exact) mass is 582 g/mol. The summed E-state index contributed by atoms with van der Waals surface area (Å²) in [5.74, 6) is 0. The molecule has 0 heterocycles. The van der Waals surface area contributed by atoms with Crippen molar-refractivity contribution in [3.8, 4) is 0 Å². The van der Waals surface area contributed by atoms with Crippen molar-refractivity contribution in [1.29, 1.82) is 0 Å². The Morgan fingerprint density at radius 3 is 1.44 bits per heavy atom. The van der Waals surface area contributed by atoms with Gasteiger partial charge in [0.25, 0.3) is 0 Å². The lowest BCUT2D eigenvalue weighted by atomic mass is 10.0. The van der Waals surface area contributed by atoms with Crippen LogP contribution in [-0.2, 0) is 27.4 Å². The van der Waals surface area contributed by atoms with Crippen LogP contribution in [0.3, 0.4) is 0 Å². The van der Waals surface area contributed by atoms with E-state index in [4.69, 9.17) is 21.4 Å². The first kappa shape index (κ1) is 30.3. The maximum Gasteiger partial charge on any atom is 0.351 e. The summed E-state index contributed by atoms with van der Waals surface area (Å²) < 4.78 is 56.7. The van der Waals surface area contributed by atoms with Gasteiger partial charge in [0.05, 0.1) is 17.5 Å². The van der Waals surface area contributed by atoms with E-state index < -0.39 is 71.3 Å². The molecule has 0 saturated carbocycles. The highest BCUT2D eigenvalue weighted by molar-refractivity contribution is 7.62. The van der Waals surface area contributed by atoms with Gasteiger partial charge in [0.1, 0.15) is 5.66 Å². The zero-order valence-corrected chi connectivity index (χ0v) is 20.7. The van der Waals surface area contributed by atoms with Gasteiger partial charge in [-0.3, -0.25) is 22.8 Å². The van der Waals surface area contributed by atoms with Gasteiger partial charge >= 0.3 is 38.0 Å². The summed E-state index contributed by atoms with van der Waals surface area (Å²) in [7, 11) is -30.0. The van der Waals surface area contributed by atoms with E-state index in [9.17, 15) is 62.0 Å². The summed E-state index contributed by atoms with van der Waals surface area (Å²) in [5.41, 5.74) is -10.8. The van der Waals surface area contributed by atoms with Gasteiger partial charge in [-0.15, -0.1) is 0 Å². The molecule has 4 unspecified atom stereocenters. The Bertz CT molecular complexity index is 1050. The third-order valence-corrected chi connectivity index (χ3v) is 13.0. The number of halogens is 1. The van der Waals surface area contributed by atoms with Gasteiger partial charge < -0.3 is 48.9 Å². The molecule has 0 spiro atoms. The maximum atomic E-state index is 12.4. The third kappa shape index (κ3) is 7.13. The molecule has 0 amide bonds. The first-order valence-corrected chi connectivity index (χ1v) is 16.8. The highest BCUT2D eigenvalue weighted by Crippen LogP contribution is 2.74. The Labute approximate surface area is 185 Å². The van der Waals surface area contributed by atoms with Crippen LogP contribution >= 0.6 is 49.6 Å². The van der Waals surface area contributed by atoms with Crippen molar-refractivity contribution in [2.75, 3.05) is 6.16 Å². The molecule has 4 atom stereocenters. The van der Waals surface area contributed by atoms with Gasteiger partial charge in [-0.1, -0.05) is 41.9 Å². The number of rotatable bonds is 10. The number of hydrogen-bond acceptors (Lipinski definition) is 5. The lowest BCUT2D eigenvalue weighted by Gasteiger charge is -2.42. The minimum Gasteiger partial charge on any atom is -0.324 e. The Balaban J connectivity index is 4.17. The topological polar surface area (TPSA) is 288 Å². The first-order valence-electron chi connectivity index (χ1n) is 7.94. The summed E-state index contributed by atoms with van der Waals surface area (Å²) >= 11 is 6.01. The van der Waals surface area contributed by atoms with Crippen LogP contribution in [0.1, 0.15) is 5.56 Å². The summed E-state index contributed by atoms with van der Waals surface area (Å²) in [6, 6.07) is 5.09. The lowest BCUT2D eigenvalue weighted by Crippen LogP contribution is -2.48. The molecule has 0 radical (unpaired) electrons. The molecule has 21 heteroatoms. The molecule has 0 aromatic heterocycles. The summed E-state index contributed by atoms with van der Waals surface area (Å²) in [6.45, 7) is 0. The Hall–Kier alpha value is 0.260. The Morgan fingerprint density at radius 2 is 1.16 bits per heavy atom. The third-order valence-electron chi connectivity index (χ3n) is 4.32. The van der Waals surface area contributed by atoms with Crippen LogP contribution in [0, 0.1) is 0 Å². The average molecular weight is 583 g/mol. The highest BCUT2D eigenvalue weighted by Gasteiger charge is 2.68. The van der Waals surface area contributed by atoms with Gasteiger partial charge in [0.2, 0.25) is 0 Å². The second kappa shape index (κ2) is 9.72. The minimum atomic E-state index is -6.21. The second-order valence-electron chi connectivity index (χ2n) is 6.70. The molecule has 15 nitrogen and oxygen atoms in total. The SMILES string of the molecule is O=P(O)(O)CC(C(C(C(Cl)(c1ccccc1)P(=O)(O)O)P(=O)(O)O)P(=O)(O)O)P(=O)(O)O. The van der Waals surface area contributed by atoms with Gasteiger partial charge in [-0.25, -0.2) is 0 Å². The molecular formula is C11H20ClO15P5. The van der Waals surface area contributed by atoms with Crippen molar-refractivity contribution >= 4 is 49.6 Å². The molecule has 32 heavy (non-hydrogen) atoms. The maximum absolute atomic E-state index is 12.4. The molecule has 0 fully saturated rings. The number of hydrogen-bond donors (Lipinski definition) is 10. The summed E-state index contributed by atoms with van der Waals surface area (Å²) in [4.78, 5) is 96.5. The molecule has 1 aromatic rings. The molecule has 0 aliphatic rings. The van der Waals surface area contributed by atoms with E-state index >= 15 is 0 Å². The van der Waals surface area contributed by atoms with E-state index in [2.05, 4.69) is 0 Å². The zero-order chi connectivity index (χ0) is 25.6. The molecule has 0 aliphatic carbocycles. The van der Waals surface area contributed by atoms with Gasteiger partial charge in [-0.05, 0) is 5.56 Å². The number of alkyl halides is 1. The fraction of sp³-hybridized carbons (Fsp3) is 0.455. The molecule has 10 N–H and O–H groups in total. The second-order valence-corrected chi connectivity index (χ2v) is 16.4. The van der Waals surface area contributed by atoms with Gasteiger partial charge in [0.15, 0.2) is 4.62 Å². The van der Waals surface area contributed by atoms with E-state index in [1.807, 2.05) is 0 Å². The van der Waals surface area contributed by atoms with Crippen LogP contribution in [-0.4, -0.2) is 72.1 Å². The van der Waals surface area contributed by atoms with Gasteiger partial charge in [-0.2, -0.15) is 0 Å². The van der Waals surface area contributed by atoms with E-state index in [1.54, 1.807) is 0 Å². The summed E-state index contributed by atoms with van der Waals surface area (Å²) in [5, 5.41) is 0. The molecular weight excluding hydrogens is 562 g/mol. The van der Waals surface area contributed by atoms with Crippen LogP contribution < -0.4 is 0 Å². The van der Waals surface area contributed by atoms with E-state index in [0.717, 1.165) is 24.3 Å². The number of benzene rings is 1. The fourth-order valence-corrected chi connectivity index (χ4v) is 13.4. The van der Waals surface area contributed by atoms with Crippen molar-refractivity contribution in [3.05, 3.63) is 35.9 Å². The smallest absolute Gasteiger partial charge is 0.324 e. The van der Waals surface area contributed by atoms with Crippen molar-refractivity contribution in [2.45, 2.75) is 21.6 Å². The predicted molar refractivity (Wildman–Crippen MR) is 110 cm³/mol. The van der Waals surface area contributed by atoms with Crippen molar-refractivity contribution in [1.82, 2.24) is 0 Å². The van der Waals surface area contributed by atoms with Crippen LogP contribution in [0.15, 0.2) is 30.3 Å². The van der Waals surface area contributed by atoms with Crippen molar-refractivity contribution in [3.63, 3.8) is 0 Å². The van der Waals surface area contributed by atoms with E-state index in [-0.39, 0.29) is 0 Å².